The Hall–Kier alpha value is -2.13. The van der Waals surface area contributed by atoms with Crippen molar-refractivity contribution in [3.05, 3.63) is 29.2 Å². The van der Waals surface area contributed by atoms with E-state index in [1.807, 2.05) is 18.7 Å². The third-order valence-electron chi connectivity index (χ3n) is 4.05. The molecule has 1 saturated heterocycles. The first kappa shape index (κ1) is 16.7. The number of rotatable bonds is 5. The largest absolute Gasteiger partial charge is 0.386 e. The number of amides is 1. The molecule has 8 nitrogen and oxygen atoms in total. The molecule has 1 unspecified atom stereocenters. The Bertz CT molecular complexity index is 707. The minimum atomic E-state index is -0.983. The lowest BCUT2D eigenvalue weighted by molar-refractivity contribution is 0.0576. The Labute approximate surface area is 144 Å². The Morgan fingerprint density at radius 3 is 3.04 bits per heavy atom. The number of anilines is 1. The highest BCUT2D eigenvalue weighted by Crippen LogP contribution is 2.25. The minimum Gasteiger partial charge on any atom is -0.386 e. The van der Waals surface area contributed by atoms with E-state index in [1.54, 1.807) is 18.6 Å². The van der Waals surface area contributed by atoms with E-state index >= 15 is 0 Å². The molecule has 0 spiro atoms. The van der Waals surface area contributed by atoms with Gasteiger partial charge in [0.25, 0.3) is 5.91 Å². The second-order valence-electron chi connectivity index (χ2n) is 6.28. The van der Waals surface area contributed by atoms with Gasteiger partial charge in [-0.3, -0.25) is 9.78 Å². The van der Waals surface area contributed by atoms with Crippen LogP contribution in [-0.2, 0) is 0 Å². The highest BCUT2D eigenvalue weighted by atomic mass is 32.1. The Kier molecular flexibility index (Phi) is 4.72. The zero-order chi connectivity index (χ0) is 17.2. The van der Waals surface area contributed by atoms with Gasteiger partial charge in [0.1, 0.15) is 16.3 Å². The summed E-state index contributed by atoms with van der Waals surface area (Å²) in [5.74, 6) is 0.625. The third-order valence-corrected chi connectivity index (χ3v) is 4.79. The summed E-state index contributed by atoms with van der Waals surface area (Å²) in [5, 5.41) is 17.5. The van der Waals surface area contributed by atoms with Gasteiger partial charge in [-0.1, -0.05) is 18.3 Å². The molecule has 1 atom stereocenters. The predicted molar refractivity (Wildman–Crippen MR) is 90.1 cm³/mol. The summed E-state index contributed by atoms with van der Waals surface area (Å²) < 4.78 is 3.86. The lowest BCUT2D eigenvalue weighted by Gasteiger charge is -2.24. The number of nitrogens with one attached hydrogen (secondary N) is 1. The van der Waals surface area contributed by atoms with E-state index in [0.717, 1.165) is 17.4 Å². The molecule has 0 aromatic carbocycles. The molecule has 1 amide bonds. The van der Waals surface area contributed by atoms with Crippen LogP contribution in [-0.4, -0.2) is 55.8 Å². The van der Waals surface area contributed by atoms with Crippen molar-refractivity contribution in [1.82, 2.24) is 24.9 Å². The van der Waals surface area contributed by atoms with E-state index in [2.05, 4.69) is 24.9 Å². The molecular formula is C15H20N6O2S. The zero-order valence-electron chi connectivity index (χ0n) is 13.6. The molecule has 1 aliphatic rings. The van der Waals surface area contributed by atoms with Gasteiger partial charge in [-0.25, -0.2) is 4.98 Å². The fourth-order valence-electron chi connectivity index (χ4n) is 2.71. The van der Waals surface area contributed by atoms with Crippen LogP contribution in [0.3, 0.4) is 0 Å². The first-order valence-corrected chi connectivity index (χ1v) is 8.60. The Morgan fingerprint density at radius 1 is 1.50 bits per heavy atom. The second kappa shape index (κ2) is 6.78. The van der Waals surface area contributed by atoms with E-state index in [9.17, 15) is 9.90 Å². The maximum atomic E-state index is 12.4. The fraction of sp³-hybridized carbons (Fsp3) is 0.533. The number of nitrogens with zero attached hydrogens (tertiary/aromatic N) is 5. The van der Waals surface area contributed by atoms with Gasteiger partial charge in [0.05, 0.1) is 11.9 Å². The molecule has 2 N–H and O–H groups in total. The van der Waals surface area contributed by atoms with Crippen LogP contribution in [0.25, 0.3) is 0 Å². The number of aromatic nitrogens is 4. The van der Waals surface area contributed by atoms with Crippen molar-refractivity contribution in [2.24, 2.45) is 0 Å². The lowest BCUT2D eigenvalue weighted by Crippen LogP contribution is -2.45. The van der Waals surface area contributed by atoms with E-state index in [4.69, 9.17) is 0 Å². The number of carbonyl (C=O) groups is 1. The molecule has 0 aliphatic carbocycles. The van der Waals surface area contributed by atoms with Crippen molar-refractivity contribution < 1.29 is 9.90 Å². The van der Waals surface area contributed by atoms with Crippen LogP contribution in [0.2, 0.25) is 0 Å². The Morgan fingerprint density at radius 2 is 2.33 bits per heavy atom. The van der Waals surface area contributed by atoms with E-state index in [-0.39, 0.29) is 18.4 Å². The van der Waals surface area contributed by atoms with Gasteiger partial charge in [0, 0.05) is 32.0 Å². The van der Waals surface area contributed by atoms with Crippen molar-refractivity contribution in [3.8, 4) is 0 Å². The van der Waals surface area contributed by atoms with Crippen LogP contribution in [0, 0.1) is 0 Å². The maximum absolute atomic E-state index is 12.4. The predicted octanol–water partition coefficient (Wildman–Crippen LogP) is 0.823. The summed E-state index contributed by atoms with van der Waals surface area (Å²) >= 11 is 1.08. The molecule has 0 bridgehead atoms. The van der Waals surface area contributed by atoms with E-state index in [1.165, 1.54) is 0 Å². The minimum absolute atomic E-state index is 0.131. The van der Waals surface area contributed by atoms with Crippen molar-refractivity contribution >= 4 is 23.3 Å². The number of hydrogen-bond donors (Lipinski definition) is 2. The molecule has 3 heterocycles. The Balaban J connectivity index is 1.60. The summed E-state index contributed by atoms with van der Waals surface area (Å²) in [4.78, 5) is 23.1. The van der Waals surface area contributed by atoms with Crippen LogP contribution >= 0.6 is 11.5 Å². The molecule has 24 heavy (non-hydrogen) atoms. The highest BCUT2D eigenvalue weighted by Gasteiger charge is 2.37. The lowest BCUT2D eigenvalue weighted by atomic mass is 10.0. The summed E-state index contributed by atoms with van der Waals surface area (Å²) in [6.45, 7) is 5.19. The van der Waals surface area contributed by atoms with E-state index in [0.29, 0.717) is 30.1 Å². The van der Waals surface area contributed by atoms with Gasteiger partial charge < -0.3 is 15.3 Å². The summed E-state index contributed by atoms with van der Waals surface area (Å²) in [7, 11) is 0. The molecule has 3 rings (SSSR count). The summed E-state index contributed by atoms with van der Waals surface area (Å²) in [5.41, 5.74) is -0.291. The topological polar surface area (TPSA) is 104 Å². The maximum Gasteiger partial charge on any atom is 0.265 e. The first-order chi connectivity index (χ1) is 11.5. The van der Waals surface area contributed by atoms with Crippen molar-refractivity contribution in [1.29, 1.82) is 0 Å². The molecule has 0 saturated carbocycles. The van der Waals surface area contributed by atoms with Crippen LogP contribution in [0.15, 0.2) is 18.6 Å². The number of aliphatic hydroxyl groups is 1. The summed E-state index contributed by atoms with van der Waals surface area (Å²) in [6, 6.07) is 0. The molecule has 2 aromatic rings. The highest BCUT2D eigenvalue weighted by molar-refractivity contribution is 7.08. The molecule has 2 aromatic heterocycles. The fourth-order valence-corrected chi connectivity index (χ4v) is 3.44. The SMILES string of the molecule is CC(C)c1nnsc1C(=O)NCC1(O)CCN(c2cnccn2)C1. The van der Waals surface area contributed by atoms with Crippen molar-refractivity contribution in [2.75, 3.05) is 24.5 Å². The van der Waals surface area contributed by atoms with Gasteiger partial charge >= 0.3 is 0 Å². The molecule has 0 radical (unpaired) electrons. The summed E-state index contributed by atoms with van der Waals surface area (Å²) in [6.07, 6.45) is 5.46. The molecule has 1 aliphatic heterocycles. The first-order valence-electron chi connectivity index (χ1n) is 7.82. The van der Waals surface area contributed by atoms with Gasteiger partial charge in [0.15, 0.2) is 0 Å². The average Bonchev–Trinajstić information content (AvgIpc) is 3.21. The van der Waals surface area contributed by atoms with Gasteiger partial charge in [-0.05, 0) is 23.9 Å². The monoisotopic (exact) mass is 348 g/mol. The van der Waals surface area contributed by atoms with Gasteiger partial charge in [-0.2, -0.15) is 0 Å². The van der Waals surface area contributed by atoms with Crippen molar-refractivity contribution in [2.45, 2.75) is 31.8 Å². The second-order valence-corrected chi connectivity index (χ2v) is 7.04. The van der Waals surface area contributed by atoms with Crippen LogP contribution in [0.4, 0.5) is 5.82 Å². The van der Waals surface area contributed by atoms with Crippen molar-refractivity contribution in [3.63, 3.8) is 0 Å². The van der Waals surface area contributed by atoms with Crippen LogP contribution in [0.1, 0.15) is 41.6 Å². The van der Waals surface area contributed by atoms with Gasteiger partial charge in [-0.15, -0.1) is 5.10 Å². The zero-order valence-corrected chi connectivity index (χ0v) is 14.5. The molecule has 9 heteroatoms. The average molecular weight is 348 g/mol. The number of carbonyl (C=O) groups excluding carboxylic acids is 1. The smallest absolute Gasteiger partial charge is 0.265 e. The number of β-amino-alcohol motifs (C(OH)–C–C–N with tert-alkyl or cyclic N) is 1. The standard InChI is InChI=1S/C15H20N6O2S/c1-10(2)12-13(24-20-19-12)14(22)18-8-15(23)3-6-21(9-15)11-7-16-4-5-17-11/h4-5,7,10,23H,3,6,8-9H2,1-2H3,(H,18,22). The quantitative estimate of drug-likeness (QED) is 0.824. The van der Waals surface area contributed by atoms with Gasteiger partial charge in [0.2, 0.25) is 0 Å². The molecule has 1 fully saturated rings. The van der Waals surface area contributed by atoms with Crippen LogP contribution in [0.5, 0.6) is 0 Å². The third kappa shape index (κ3) is 3.51. The number of hydrogen-bond acceptors (Lipinski definition) is 8. The molecular weight excluding hydrogens is 328 g/mol. The molecule has 128 valence electrons. The van der Waals surface area contributed by atoms with Crippen LogP contribution < -0.4 is 10.2 Å². The van der Waals surface area contributed by atoms with E-state index < -0.39 is 5.60 Å². The normalized spacial score (nSPS) is 20.6.